The van der Waals surface area contributed by atoms with Gasteiger partial charge in [-0.1, -0.05) is 30.9 Å². The van der Waals surface area contributed by atoms with Gasteiger partial charge in [0.1, 0.15) is 5.75 Å². The van der Waals surface area contributed by atoms with E-state index < -0.39 is 6.10 Å². The molecule has 1 fully saturated rings. The number of aryl methyl sites for hydroxylation is 1. The van der Waals surface area contributed by atoms with Gasteiger partial charge in [-0.3, -0.25) is 0 Å². The Morgan fingerprint density at radius 1 is 1.29 bits per heavy atom. The smallest absolute Gasteiger partial charge is 0.124 e. The molecule has 1 saturated carbocycles. The highest BCUT2D eigenvalue weighted by molar-refractivity contribution is 5.38. The van der Waals surface area contributed by atoms with Gasteiger partial charge in [0.05, 0.1) is 13.2 Å². The van der Waals surface area contributed by atoms with Crippen molar-refractivity contribution in [1.29, 1.82) is 0 Å². The van der Waals surface area contributed by atoms with Crippen molar-refractivity contribution in [2.45, 2.75) is 58.1 Å². The predicted molar refractivity (Wildman–Crippen MR) is 86.7 cm³/mol. The minimum atomic E-state index is -0.522. The van der Waals surface area contributed by atoms with Crippen molar-refractivity contribution < 1.29 is 9.84 Å². The summed E-state index contributed by atoms with van der Waals surface area (Å²) in [6.07, 6.45) is 6.20. The fourth-order valence-electron chi connectivity index (χ4n) is 3.32. The van der Waals surface area contributed by atoms with Crippen LogP contribution in [-0.2, 0) is 0 Å². The second-order valence-electron chi connectivity index (χ2n) is 6.36. The predicted octanol–water partition coefficient (Wildman–Crippen LogP) is 3.60. The number of rotatable bonds is 6. The maximum absolute atomic E-state index is 10.5. The lowest BCUT2D eigenvalue weighted by molar-refractivity contribution is 0.157. The lowest BCUT2D eigenvalue weighted by Gasteiger charge is -2.29. The second kappa shape index (κ2) is 7.81. The van der Waals surface area contributed by atoms with Crippen molar-refractivity contribution >= 4 is 0 Å². The fourth-order valence-corrected chi connectivity index (χ4v) is 3.32. The molecule has 2 unspecified atom stereocenters. The number of hydrogen-bond donors (Lipinski definition) is 2. The molecule has 3 nitrogen and oxygen atoms in total. The molecule has 0 saturated heterocycles. The molecule has 2 atom stereocenters. The minimum absolute atomic E-state index is 0.468. The van der Waals surface area contributed by atoms with Gasteiger partial charge < -0.3 is 15.2 Å². The van der Waals surface area contributed by atoms with E-state index in [2.05, 4.69) is 12.2 Å². The minimum Gasteiger partial charge on any atom is -0.496 e. The Morgan fingerprint density at radius 2 is 2.00 bits per heavy atom. The first-order chi connectivity index (χ1) is 10.1. The van der Waals surface area contributed by atoms with E-state index in [0.717, 1.165) is 22.8 Å². The van der Waals surface area contributed by atoms with Gasteiger partial charge in [-0.05, 0) is 44.7 Å². The average Bonchev–Trinajstić information content (AvgIpc) is 2.53. The number of benzene rings is 1. The summed E-state index contributed by atoms with van der Waals surface area (Å²) in [6, 6.07) is 6.41. The summed E-state index contributed by atoms with van der Waals surface area (Å²) >= 11 is 0. The van der Waals surface area contributed by atoms with Crippen LogP contribution in [0.2, 0.25) is 0 Å². The highest BCUT2D eigenvalue weighted by Crippen LogP contribution is 2.28. The zero-order valence-electron chi connectivity index (χ0n) is 13.6. The van der Waals surface area contributed by atoms with Gasteiger partial charge in [0.15, 0.2) is 0 Å². The molecule has 1 aliphatic carbocycles. The topological polar surface area (TPSA) is 41.5 Å². The molecule has 0 aromatic heterocycles. The molecule has 3 heteroatoms. The van der Waals surface area contributed by atoms with Gasteiger partial charge in [0.2, 0.25) is 0 Å². The Labute approximate surface area is 128 Å². The second-order valence-corrected chi connectivity index (χ2v) is 6.36. The zero-order chi connectivity index (χ0) is 15.2. The van der Waals surface area contributed by atoms with E-state index in [4.69, 9.17) is 4.74 Å². The van der Waals surface area contributed by atoms with E-state index in [9.17, 15) is 5.11 Å². The third kappa shape index (κ3) is 4.45. The van der Waals surface area contributed by atoms with Crippen LogP contribution in [0.3, 0.4) is 0 Å². The van der Waals surface area contributed by atoms with Crippen molar-refractivity contribution in [3.63, 3.8) is 0 Å². The third-order valence-electron chi connectivity index (χ3n) is 4.73. The molecule has 0 radical (unpaired) electrons. The van der Waals surface area contributed by atoms with E-state index in [1.807, 2.05) is 25.1 Å². The van der Waals surface area contributed by atoms with E-state index in [-0.39, 0.29) is 0 Å². The normalized spacial score (nSPS) is 19.2. The first kappa shape index (κ1) is 16.3. The standard InChI is InChI=1S/C18H29NO2/c1-13-9-10-18(21-3)16(11-13)17(20)12-19-14(2)15-7-5-4-6-8-15/h9-11,14-15,17,19-20H,4-8,12H2,1-3H3. The van der Waals surface area contributed by atoms with Crippen LogP contribution in [0.1, 0.15) is 56.3 Å². The Balaban J connectivity index is 1.91. The monoisotopic (exact) mass is 291 g/mol. The molecule has 21 heavy (non-hydrogen) atoms. The van der Waals surface area contributed by atoms with Crippen molar-refractivity contribution in [3.8, 4) is 5.75 Å². The molecule has 1 aromatic carbocycles. The molecular weight excluding hydrogens is 262 g/mol. The van der Waals surface area contributed by atoms with Crippen LogP contribution >= 0.6 is 0 Å². The molecule has 0 heterocycles. The number of aliphatic hydroxyl groups excluding tert-OH is 1. The summed E-state index contributed by atoms with van der Waals surface area (Å²) < 4.78 is 5.36. The van der Waals surface area contributed by atoms with E-state index in [1.165, 1.54) is 32.1 Å². The molecule has 0 amide bonds. The average molecular weight is 291 g/mol. The Hall–Kier alpha value is -1.06. The first-order valence-corrected chi connectivity index (χ1v) is 8.17. The number of hydrogen-bond acceptors (Lipinski definition) is 3. The fraction of sp³-hybridized carbons (Fsp3) is 0.667. The molecule has 0 spiro atoms. The Bertz CT molecular complexity index is 441. The lowest BCUT2D eigenvalue weighted by atomic mass is 9.84. The van der Waals surface area contributed by atoms with Crippen LogP contribution in [0.15, 0.2) is 18.2 Å². The van der Waals surface area contributed by atoms with Crippen LogP contribution in [0.5, 0.6) is 5.75 Å². The summed E-state index contributed by atoms with van der Waals surface area (Å²) in [5.74, 6) is 1.52. The molecule has 2 rings (SSSR count). The van der Waals surface area contributed by atoms with Crippen LogP contribution in [0.25, 0.3) is 0 Å². The molecule has 2 N–H and O–H groups in total. The Kier molecular flexibility index (Phi) is 6.07. The van der Waals surface area contributed by atoms with Crippen molar-refractivity contribution in [3.05, 3.63) is 29.3 Å². The third-order valence-corrected chi connectivity index (χ3v) is 4.73. The first-order valence-electron chi connectivity index (χ1n) is 8.17. The van der Waals surface area contributed by atoms with E-state index in [1.54, 1.807) is 7.11 Å². The van der Waals surface area contributed by atoms with E-state index in [0.29, 0.717) is 12.6 Å². The number of methoxy groups -OCH3 is 1. The zero-order valence-corrected chi connectivity index (χ0v) is 13.6. The van der Waals surface area contributed by atoms with Crippen molar-refractivity contribution in [2.24, 2.45) is 5.92 Å². The summed E-state index contributed by atoms with van der Waals surface area (Å²) in [4.78, 5) is 0. The molecule has 1 aliphatic rings. The quantitative estimate of drug-likeness (QED) is 0.841. The summed E-state index contributed by atoms with van der Waals surface area (Å²) in [5.41, 5.74) is 2.02. The summed E-state index contributed by atoms with van der Waals surface area (Å²) in [6.45, 7) is 4.86. The van der Waals surface area contributed by atoms with Gasteiger partial charge in [0.25, 0.3) is 0 Å². The van der Waals surface area contributed by atoms with Crippen molar-refractivity contribution in [2.75, 3.05) is 13.7 Å². The molecule has 0 aliphatic heterocycles. The van der Waals surface area contributed by atoms with Crippen LogP contribution in [-0.4, -0.2) is 24.8 Å². The Morgan fingerprint density at radius 3 is 2.67 bits per heavy atom. The van der Waals surface area contributed by atoms with E-state index >= 15 is 0 Å². The number of ether oxygens (including phenoxy) is 1. The summed E-state index contributed by atoms with van der Waals surface area (Å²) in [5, 5.41) is 14.0. The van der Waals surface area contributed by atoms with Gasteiger partial charge in [-0.25, -0.2) is 0 Å². The summed E-state index contributed by atoms with van der Waals surface area (Å²) in [7, 11) is 1.65. The maximum Gasteiger partial charge on any atom is 0.124 e. The van der Waals surface area contributed by atoms with Gasteiger partial charge in [-0.2, -0.15) is 0 Å². The highest BCUT2D eigenvalue weighted by atomic mass is 16.5. The lowest BCUT2D eigenvalue weighted by Crippen LogP contribution is -2.37. The van der Waals surface area contributed by atoms with Gasteiger partial charge in [0, 0.05) is 18.2 Å². The van der Waals surface area contributed by atoms with Crippen LogP contribution in [0.4, 0.5) is 0 Å². The molecular formula is C18H29NO2. The molecule has 0 bridgehead atoms. The van der Waals surface area contributed by atoms with Crippen LogP contribution in [0, 0.1) is 12.8 Å². The number of aliphatic hydroxyl groups is 1. The SMILES string of the molecule is COc1ccc(C)cc1C(O)CNC(C)C1CCCCC1. The van der Waals surface area contributed by atoms with Crippen LogP contribution < -0.4 is 10.1 Å². The van der Waals surface area contributed by atoms with Crippen molar-refractivity contribution in [1.82, 2.24) is 5.32 Å². The largest absolute Gasteiger partial charge is 0.496 e. The number of nitrogens with one attached hydrogen (secondary N) is 1. The van der Waals surface area contributed by atoms with Gasteiger partial charge >= 0.3 is 0 Å². The van der Waals surface area contributed by atoms with Gasteiger partial charge in [-0.15, -0.1) is 0 Å². The molecule has 118 valence electrons. The highest BCUT2D eigenvalue weighted by Gasteiger charge is 2.21. The molecule has 1 aromatic rings. The maximum atomic E-state index is 10.5.